The lowest BCUT2D eigenvalue weighted by molar-refractivity contribution is 0.668. The van der Waals surface area contributed by atoms with Crippen LogP contribution < -0.4 is 0 Å². The summed E-state index contributed by atoms with van der Waals surface area (Å²) in [5, 5.41) is 26.8. The highest BCUT2D eigenvalue weighted by atomic mass is 16.3. The summed E-state index contributed by atoms with van der Waals surface area (Å²) < 4.78 is 19.6. The van der Waals surface area contributed by atoms with Crippen molar-refractivity contribution >= 4 is 152 Å². The minimum Gasteiger partial charge on any atom is -0.456 e. The van der Waals surface area contributed by atoms with Gasteiger partial charge in [-0.3, -0.25) is 0 Å². The van der Waals surface area contributed by atoms with Crippen LogP contribution in [-0.4, -0.2) is 0 Å². The summed E-state index contributed by atoms with van der Waals surface area (Å²) in [6.45, 7) is 0. The molecule has 3 heteroatoms. The fourth-order valence-corrected chi connectivity index (χ4v) is 23.6. The molecule has 0 spiro atoms. The monoisotopic (exact) mass is 1890 g/mol. The first kappa shape index (κ1) is 87.2. The summed E-state index contributed by atoms with van der Waals surface area (Å²) >= 11 is 0. The van der Waals surface area contributed by atoms with E-state index in [4.69, 9.17) is 13.3 Å². The minimum absolute atomic E-state index is 0.889. The van der Waals surface area contributed by atoms with E-state index >= 15 is 0 Å². The Balaban J connectivity index is 0.000000108. The molecule has 0 atom stereocenters. The van der Waals surface area contributed by atoms with Crippen LogP contribution >= 0.6 is 0 Å². The predicted octanol–water partition coefficient (Wildman–Crippen LogP) is 41.7. The molecule has 0 N–H and O–H groups in total. The van der Waals surface area contributed by atoms with Crippen molar-refractivity contribution < 1.29 is 13.3 Å². The maximum absolute atomic E-state index is 6.60. The Labute approximate surface area is 861 Å². The number of hydrogen-bond donors (Lipinski definition) is 0. The van der Waals surface area contributed by atoms with Crippen LogP contribution in [0, 0.1) is 0 Å². The van der Waals surface area contributed by atoms with E-state index in [0.29, 0.717) is 0 Å². The second-order valence-electron chi connectivity index (χ2n) is 38.9. The molecule has 27 aromatic carbocycles. The Kier molecular flexibility index (Phi) is 21.7. The van der Waals surface area contributed by atoms with E-state index in [-0.39, 0.29) is 0 Å². The topological polar surface area (TPSA) is 39.4 Å². The van der Waals surface area contributed by atoms with Gasteiger partial charge in [-0.25, -0.2) is 0 Å². The van der Waals surface area contributed by atoms with Crippen LogP contribution in [0.1, 0.15) is 0 Å². The smallest absolute Gasteiger partial charge is 0.136 e. The fraction of sp³-hybridized carbons (Fsp3) is 0. The molecule has 0 radical (unpaired) electrons. The zero-order valence-corrected chi connectivity index (χ0v) is 81.3. The predicted molar refractivity (Wildman–Crippen MR) is 632 cm³/mol. The highest BCUT2D eigenvalue weighted by molar-refractivity contribution is 6.27. The molecule has 0 saturated carbocycles. The van der Waals surface area contributed by atoms with Crippen LogP contribution in [0.4, 0.5) is 0 Å². The lowest BCUT2D eigenvalue weighted by Crippen LogP contribution is -1.90. The molecule has 30 aromatic rings. The number of rotatable bonds is 13. The zero-order valence-electron chi connectivity index (χ0n) is 81.3. The summed E-state index contributed by atoms with van der Waals surface area (Å²) in [6, 6.07) is 201. The van der Waals surface area contributed by atoms with Crippen LogP contribution in [-0.2, 0) is 0 Å². The molecule has 0 aliphatic rings. The van der Waals surface area contributed by atoms with Crippen molar-refractivity contribution in [2.75, 3.05) is 0 Å². The van der Waals surface area contributed by atoms with Crippen molar-refractivity contribution in [3.63, 3.8) is 0 Å². The molecule has 0 saturated heterocycles. The average molecular weight is 1890 g/mol. The Hall–Kier alpha value is -19.6. The molecule has 0 fully saturated rings. The van der Waals surface area contributed by atoms with Gasteiger partial charge in [0.25, 0.3) is 0 Å². The van der Waals surface area contributed by atoms with Crippen molar-refractivity contribution in [1.82, 2.24) is 0 Å². The average Bonchev–Trinajstić information content (AvgIpc) is 1.71. The zero-order chi connectivity index (χ0) is 98.4. The maximum atomic E-state index is 6.60. The Morgan fingerprint density at radius 2 is 0.369 bits per heavy atom. The number of hydrogen-bond acceptors (Lipinski definition) is 3. The van der Waals surface area contributed by atoms with Gasteiger partial charge in [0, 0.05) is 32.3 Å². The van der Waals surface area contributed by atoms with E-state index in [0.717, 1.165) is 71.4 Å². The molecule has 0 unspecified atom stereocenters. The van der Waals surface area contributed by atoms with E-state index in [9.17, 15) is 0 Å². The summed E-state index contributed by atoms with van der Waals surface area (Å²) in [5.74, 6) is 0. The first-order chi connectivity index (χ1) is 73.9. The van der Waals surface area contributed by atoms with E-state index in [1.165, 1.54) is 225 Å². The molecule has 0 aliphatic carbocycles. The SMILES string of the molecule is c1ccc(-c2c3ccccc3c(-c3ccc4oc5cccc(-c6cccc7c6ccc6ccccc67)c5c4c3)c3ccccc23)cc1.c1ccc(-c2ccc(-c3ccc4c(c3)oc3ccc(-c5c6ccccc6c(-c6ccccc6)c6ccccc56)cc34)c(-c3ccccc3)c2)cc1.c1ccc(-c2ccc(-c3cccc(-c4ccc5oc6ccc(-c7c8ccccc8c(-c8ccccc8)c8ccccc78)cc6c5c4)c3)cc2)cc1. The molecule has 0 amide bonds. The summed E-state index contributed by atoms with van der Waals surface area (Å²) in [4.78, 5) is 0. The molecular weight excluding hydrogens is 1800 g/mol. The first-order valence-corrected chi connectivity index (χ1v) is 51.2. The van der Waals surface area contributed by atoms with E-state index in [1.807, 2.05) is 0 Å². The van der Waals surface area contributed by atoms with Gasteiger partial charge in [-0.15, -0.1) is 0 Å². The van der Waals surface area contributed by atoms with E-state index < -0.39 is 0 Å². The number of furan rings is 3. The van der Waals surface area contributed by atoms with Crippen LogP contribution in [0.5, 0.6) is 0 Å². The van der Waals surface area contributed by atoms with Gasteiger partial charge >= 0.3 is 0 Å². The summed E-state index contributed by atoms with van der Waals surface area (Å²) in [7, 11) is 0. The lowest BCUT2D eigenvalue weighted by atomic mass is 9.85. The fourth-order valence-electron chi connectivity index (χ4n) is 23.6. The molecule has 30 rings (SSSR count). The van der Waals surface area contributed by atoms with Gasteiger partial charge in [0.15, 0.2) is 0 Å². The van der Waals surface area contributed by atoms with Gasteiger partial charge in [-0.2, -0.15) is 0 Å². The molecule has 0 bridgehead atoms. The molecule has 149 heavy (non-hydrogen) atoms. The largest absolute Gasteiger partial charge is 0.456 e. The lowest BCUT2D eigenvalue weighted by Gasteiger charge is -2.17. The number of benzene rings is 27. The van der Waals surface area contributed by atoms with E-state index in [2.05, 4.69) is 558 Å². The quantitative estimate of drug-likeness (QED) is 0.0853. The van der Waals surface area contributed by atoms with Gasteiger partial charge in [-0.05, 0) is 310 Å². The van der Waals surface area contributed by atoms with Crippen LogP contribution in [0.3, 0.4) is 0 Å². The van der Waals surface area contributed by atoms with Gasteiger partial charge in [-0.1, -0.05) is 479 Å². The normalized spacial score (nSPS) is 11.6. The third kappa shape index (κ3) is 15.5. The molecule has 0 aliphatic heterocycles. The third-order valence-corrected chi connectivity index (χ3v) is 30.4. The first-order valence-electron chi connectivity index (χ1n) is 51.2. The number of fused-ring (bicyclic) bond motifs is 18. The molecule has 3 heterocycles. The van der Waals surface area contributed by atoms with Crippen LogP contribution in [0.15, 0.2) is 571 Å². The Morgan fingerprint density at radius 3 is 0.832 bits per heavy atom. The van der Waals surface area contributed by atoms with Crippen molar-refractivity contribution in [3.05, 3.63) is 558 Å². The minimum atomic E-state index is 0.889. The van der Waals surface area contributed by atoms with E-state index in [1.54, 1.807) is 0 Å². The third-order valence-electron chi connectivity index (χ3n) is 30.4. The summed E-state index contributed by atoms with van der Waals surface area (Å²) in [5.41, 5.74) is 36.9. The van der Waals surface area contributed by atoms with Crippen LogP contribution in [0.25, 0.3) is 297 Å². The van der Waals surface area contributed by atoms with Crippen molar-refractivity contribution in [1.29, 1.82) is 0 Å². The van der Waals surface area contributed by atoms with Gasteiger partial charge in [0.2, 0.25) is 0 Å². The van der Waals surface area contributed by atoms with Crippen molar-refractivity contribution in [3.8, 4) is 145 Å². The second kappa shape index (κ2) is 37.0. The standard InChI is InChI=1S/2C50H32O.C46H28O/c1-4-14-33(15-5-1)36-24-27-39(45(30-36)34-16-6-2-7-17-34)37-25-28-40-46-31-38(26-29-47(46)51-48(40)32-37)50-43-22-12-10-20-41(43)49(35-18-8-3-9-19-35)42-21-11-13-23-44(42)50;1-3-12-33(13-4-1)34-22-24-35(25-23-34)37-16-11-17-38(30-37)39-26-28-47-45(31-39)46-32-40(27-29-48(46)51-47)50-43-20-9-7-18-41(43)49(36-14-5-2-6-15-36)42-19-8-10-21-44(42)50;1-2-13-30(14-3-1)44-37-16-6-8-18-39(37)45(40-19-9-7-17-38(40)44)31-25-27-42-41(28-31)46-36(22-11-23-43(46)47-42)34-21-10-20-33-32-15-5-4-12-29(32)24-26-35(33)34/h2*1-32H;1-28H. The van der Waals surface area contributed by atoms with Crippen molar-refractivity contribution in [2.45, 2.75) is 0 Å². The molecular formula is C146H92O3. The highest BCUT2D eigenvalue weighted by Crippen LogP contribution is 2.52. The highest BCUT2D eigenvalue weighted by Gasteiger charge is 2.26. The second-order valence-corrected chi connectivity index (χ2v) is 38.9. The van der Waals surface area contributed by atoms with Crippen molar-refractivity contribution in [2.24, 2.45) is 0 Å². The Bertz CT molecular complexity index is 10300. The van der Waals surface area contributed by atoms with Crippen LogP contribution in [0.2, 0.25) is 0 Å². The molecule has 3 aromatic heterocycles. The summed E-state index contributed by atoms with van der Waals surface area (Å²) in [6.07, 6.45) is 0. The Morgan fingerprint density at radius 1 is 0.0940 bits per heavy atom. The maximum Gasteiger partial charge on any atom is 0.136 e. The molecule has 3 nitrogen and oxygen atoms in total. The van der Waals surface area contributed by atoms with Gasteiger partial charge in [0.1, 0.15) is 33.5 Å². The molecule has 694 valence electrons. The van der Waals surface area contributed by atoms with Gasteiger partial charge in [0.05, 0.1) is 0 Å². The van der Waals surface area contributed by atoms with Gasteiger partial charge < -0.3 is 13.3 Å².